The first-order valence-electron chi connectivity index (χ1n) is 5.07. The molecule has 1 N–H and O–H groups in total. The Morgan fingerprint density at radius 3 is 2.45 bits per heavy atom. The van der Waals surface area contributed by atoms with Gasteiger partial charge in [-0.3, -0.25) is 4.79 Å². The second-order valence-electron chi connectivity index (χ2n) is 3.62. The summed E-state index contributed by atoms with van der Waals surface area (Å²) < 4.78 is 38.4. The minimum atomic E-state index is -4.50. The Labute approximate surface area is 132 Å². The molecule has 0 radical (unpaired) electrons. The Morgan fingerprint density at radius 2 is 2.00 bits per heavy atom. The van der Waals surface area contributed by atoms with Crippen molar-refractivity contribution in [1.29, 1.82) is 0 Å². The number of hydrogen-bond acceptors (Lipinski definition) is 3. The van der Waals surface area contributed by atoms with Crippen molar-refractivity contribution in [3.05, 3.63) is 43.2 Å². The summed E-state index contributed by atoms with van der Waals surface area (Å²) in [5.74, 6) is -0.430. The van der Waals surface area contributed by atoms with E-state index in [-0.39, 0.29) is 5.69 Å². The van der Waals surface area contributed by atoms with Crippen LogP contribution in [0, 0.1) is 0 Å². The number of halogens is 5. The SMILES string of the molecule is O=C(Nc1ccc(C(F)(F)F)nc1)c1cc(Br)sc1Br. The minimum Gasteiger partial charge on any atom is -0.321 e. The Bertz CT molecular complexity index is 640. The predicted octanol–water partition coefficient (Wildman–Crippen LogP) is 4.94. The standard InChI is InChI=1S/C11H5Br2F3N2OS/c12-8-3-6(9(13)20-8)10(19)18-5-1-2-7(17-4-5)11(14,15)16/h1-4H,(H,18,19). The summed E-state index contributed by atoms with van der Waals surface area (Å²) in [6.07, 6.45) is -3.53. The zero-order valence-corrected chi connectivity index (χ0v) is 13.5. The zero-order chi connectivity index (χ0) is 14.9. The Hall–Kier alpha value is -0.930. The number of pyridine rings is 1. The number of carbonyl (C=O) groups is 1. The van der Waals surface area contributed by atoms with Crippen molar-refractivity contribution in [3.63, 3.8) is 0 Å². The number of aromatic nitrogens is 1. The van der Waals surface area contributed by atoms with E-state index in [9.17, 15) is 18.0 Å². The molecule has 9 heteroatoms. The van der Waals surface area contributed by atoms with Gasteiger partial charge >= 0.3 is 6.18 Å². The van der Waals surface area contributed by atoms with Gasteiger partial charge in [-0.2, -0.15) is 13.2 Å². The Morgan fingerprint density at radius 1 is 1.30 bits per heavy atom. The summed E-state index contributed by atoms with van der Waals surface area (Å²) in [6.45, 7) is 0. The van der Waals surface area contributed by atoms with Gasteiger partial charge in [0.2, 0.25) is 0 Å². The minimum absolute atomic E-state index is 0.192. The molecule has 0 atom stereocenters. The van der Waals surface area contributed by atoms with Crippen LogP contribution in [0.3, 0.4) is 0 Å². The Kier molecular flexibility index (Phi) is 4.50. The van der Waals surface area contributed by atoms with E-state index in [0.717, 1.165) is 22.1 Å². The van der Waals surface area contributed by atoms with Gasteiger partial charge in [0.1, 0.15) is 5.69 Å². The molecule has 0 bridgehead atoms. The molecule has 2 aromatic rings. The molecule has 0 aliphatic heterocycles. The number of hydrogen-bond donors (Lipinski definition) is 1. The molecule has 2 rings (SSSR count). The lowest BCUT2D eigenvalue weighted by Crippen LogP contribution is -2.13. The van der Waals surface area contributed by atoms with Crippen LogP contribution in [-0.4, -0.2) is 10.9 Å². The van der Waals surface area contributed by atoms with Crippen LogP contribution >= 0.6 is 43.2 Å². The van der Waals surface area contributed by atoms with E-state index >= 15 is 0 Å². The van der Waals surface area contributed by atoms with Crippen molar-refractivity contribution in [2.24, 2.45) is 0 Å². The number of anilines is 1. The summed E-state index contributed by atoms with van der Waals surface area (Å²) in [5, 5.41) is 2.48. The highest BCUT2D eigenvalue weighted by Crippen LogP contribution is 2.32. The fourth-order valence-electron chi connectivity index (χ4n) is 1.33. The van der Waals surface area contributed by atoms with Crippen LogP contribution < -0.4 is 5.32 Å². The van der Waals surface area contributed by atoms with Crippen LogP contribution in [0.5, 0.6) is 0 Å². The lowest BCUT2D eigenvalue weighted by Gasteiger charge is -2.07. The first-order valence-corrected chi connectivity index (χ1v) is 7.47. The Balaban J connectivity index is 2.14. The number of rotatable bonds is 2. The van der Waals surface area contributed by atoms with Gasteiger partial charge in [0.05, 0.1) is 25.0 Å². The van der Waals surface area contributed by atoms with Gasteiger partial charge in [-0.1, -0.05) is 0 Å². The van der Waals surface area contributed by atoms with Gasteiger partial charge in [-0.05, 0) is 50.1 Å². The van der Waals surface area contributed by atoms with Crippen molar-refractivity contribution >= 4 is 54.8 Å². The highest BCUT2D eigenvalue weighted by molar-refractivity contribution is 9.12. The van der Waals surface area contributed by atoms with Crippen molar-refractivity contribution in [2.75, 3.05) is 5.32 Å². The van der Waals surface area contributed by atoms with Crippen LogP contribution in [0.25, 0.3) is 0 Å². The van der Waals surface area contributed by atoms with E-state index in [0.29, 0.717) is 9.35 Å². The fraction of sp³-hybridized carbons (Fsp3) is 0.0909. The maximum atomic E-state index is 12.3. The third-order valence-corrected chi connectivity index (χ3v) is 4.55. The smallest absolute Gasteiger partial charge is 0.321 e. The molecular formula is C11H5Br2F3N2OS. The number of thiophene rings is 1. The van der Waals surface area contributed by atoms with Gasteiger partial charge in [-0.25, -0.2) is 4.98 Å². The molecule has 0 spiro atoms. The van der Waals surface area contributed by atoms with Crippen LogP contribution in [0.1, 0.15) is 16.1 Å². The van der Waals surface area contributed by atoms with E-state index in [1.165, 1.54) is 11.3 Å². The number of carbonyl (C=O) groups excluding carboxylic acids is 1. The van der Waals surface area contributed by atoms with Gasteiger partial charge < -0.3 is 5.32 Å². The van der Waals surface area contributed by atoms with Crippen LogP contribution in [0.4, 0.5) is 18.9 Å². The molecular weight excluding hydrogens is 425 g/mol. The van der Waals surface area contributed by atoms with Crippen molar-refractivity contribution in [2.45, 2.75) is 6.18 Å². The fourth-order valence-corrected chi connectivity index (χ4v) is 4.12. The first kappa shape index (κ1) is 15.5. The number of nitrogens with zero attached hydrogens (tertiary/aromatic N) is 1. The molecule has 1 amide bonds. The van der Waals surface area contributed by atoms with Crippen molar-refractivity contribution in [3.8, 4) is 0 Å². The van der Waals surface area contributed by atoms with Gasteiger partial charge in [0, 0.05) is 0 Å². The molecule has 0 saturated carbocycles. The normalized spacial score (nSPS) is 11.4. The summed E-state index contributed by atoms with van der Waals surface area (Å²) >= 11 is 7.79. The highest BCUT2D eigenvalue weighted by Gasteiger charge is 2.32. The maximum absolute atomic E-state index is 12.3. The molecule has 0 unspecified atom stereocenters. The van der Waals surface area contributed by atoms with E-state index in [1.54, 1.807) is 6.07 Å². The highest BCUT2D eigenvalue weighted by atomic mass is 79.9. The van der Waals surface area contributed by atoms with E-state index in [1.807, 2.05) is 0 Å². The van der Waals surface area contributed by atoms with E-state index in [4.69, 9.17) is 0 Å². The largest absolute Gasteiger partial charge is 0.433 e. The topological polar surface area (TPSA) is 42.0 Å². The molecule has 0 fully saturated rings. The van der Waals surface area contributed by atoms with Gasteiger partial charge in [0.15, 0.2) is 0 Å². The second kappa shape index (κ2) is 5.82. The molecule has 20 heavy (non-hydrogen) atoms. The first-order chi connectivity index (χ1) is 9.27. The number of amides is 1. The molecule has 0 saturated heterocycles. The lowest BCUT2D eigenvalue weighted by molar-refractivity contribution is -0.141. The van der Waals surface area contributed by atoms with Crippen LogP contribution in [0.2, 0.25) is 0 Å². The second-order valence-corrected chi connectivity index (χ2v) is 7.37. The van der Waals surface area contributed by atoms with Gasteiger partial charge in [0.25, 0.3) is 5.91 Å². The summed E-state index contributed by atoms with van der Waals surface area (Å²) in [5.41, 5.74) is -0.422. The van der Waals surface area contributed by atoms with Crippen molar-refractivity contribution < 1.29 is 18.0 Å². The quantitative estimate of drug-likeness (QED) is 0.734. The van der Waals surface area contributed by atoms with Crippen molar-refractivity contribution in [1.82, 2.24) is 4.98 Å². The maximum Gasteiger partial charge on any atom is 0.433 e. The average molecular weight is 430 g/mol. The monoisotopic (exact) mass is 428 g/mol. The number of nitrogens with one attached hydrogen (secondary N) is 1. The zero-order valence-electron chi connectivity index (χ0n) is 9.46. The summed E-state index contributed by atoms with van der Waals surface area (Å²) in [7, 11) is 0. The third kappa shape index (κ3) is 3.58. The van der Waals surface area contributed by atoms with E-state index < -0.39 is 17.8 Å². The predicted molar refractivity (Wildman–Crippen MR) is 76.9 cm³/mol. The molecule has 2 aromatic heterocycles. The average Bonchev–Trinajstić information content (AvgIpc) is 2.68. The lowest BCUT2D eigenvalue weighted by atomic mass is 10.3. The van der Waals surface area contributed by atoms with E-state index in [2.05, 4.69) is 42.2 Å². The summed E-state index contributed by atoms with van der Waals surface area (Å²) in [6, 6.07) is 3.58. The van der Waals surface area contributed by atoms with Gasteiger partial charge in [-0.15, -0.1) is 11.3 Å². The van der Waals surface area contributed by atoms with Crippen LogP contribution in [-0.2, 0) is 6.18 Å². The molecule has 0 aliphatic rings. The molecule has 0 aromatic carbocycles. The molecule has 0 aliphatic carbocycles. The summed E-state index contributed by atoms with van der Waals surface area (Å²) in [4.78, 5) is 15.2. The number of alkyl halides is 3. The van der Waals surface area contributed by atoms with Crippen LogP contribution in [0.15, 0.2) is 32.0 Å². The molecule has 3 nitrogen and oxygen atoms in total. The molecule has 106 valence electrons. The molecule has 2 heterocycles. The third-order valence-electron chi connectivity index (χ3n) is 2.21.